The predicted molar refractivity (Wildman–Crippen MR) is 74.0 cm³/mol. The van der Waals surface area contributed by atoms with E-state index < -0.39 is 0 Å². The minimum Gasteiger partial charge on any atom is -0.381 e. The Bertz CT molecular complexity index is 361. The molecule has 2 heterocycles. The van der Waals surface area contributed by atoms with Crippen LogP contribution in [0.25, 0.3) is 0 Å². The van der Waals surface area contributed by atoms with E-state index >= 15 is 0 Å². The summed E-state index contributed by atoms with van der Waals surface area (Å²) in [6.07, 6.45) is 2.26. The highest BCUT2D eigenvalue weighted by molar-refractivity contribution is 7.05. The van der Waals surface area contributed by atoms with Gasteiger partial charge in [-0.15, -0.1) is 5.10 Å². The summed E-state index contributed by atoms with van der Waals surface area (Å²) in [4.78, 5) is 1.33. The summed E-state index contributed by atoms with van der Waals surface area (Å²) in [6, 6.07) is 0.399. The van der Waals surface area contributed by atoms with Gasteiger partial charge in [-0.1, -0.05) is 25.3 Å². The van der Waals surface area contributed by atoms with Gasteiger partial charge < -0.3 is 10.1 Å². The number of nitrogens with one attached hydrogen (secondary N) is 1. The van der Waals surface area contributed by atoms with Crippen molar-refractivity contribution in [1.29, 1.82) is 0 Å². The van der Waals surface area contributed by atoms with Crippen molar-refractivity contribution >= 4 is 11.5 Å². The predicted octanol–water partition coefficient (Wildman–Crippen LogP) is 2.74. The van der Waals surface area contributed by atoms with E-state index in [0.717, 1.165) is 38.3 Å². The number of hydrogen-bond donors (Lipinski definition) is 1. The molecule has 2 rings (SSSR count). The summed E-state index contributed by atoms with van der Waals surface area (Å²) >= 11 is 1.56. The standard InChI is InChI=1S/C13H23N3OS/c1-4-14-12(10-5-7-17-8-6-10)13-11(9(2)3)15-16-18-13/h9-10,12,14H,4-8H2,1-3H3. The Morgan fingerprint density at radius 3 is 2.72 bits per heavy atom. The highest BCUT2D eigenvalue weighted by atomic mass is 32.1. The first-order chi connectivity index (χ1) is 8.74. The van der Waals surface area contributed by atoms with E-state index in [1.165, 1.54) is 4.88 Å². The van der Waals surface area contributed by atoms with Crippen LogP contribution < -0.4 is 5.32 Å². The van der Waals surface area contributed by atoms with Gasteiger partial charge in [-0.3, -0.25) is 0 Å². The van der Waals surface area contributed by atoms with Gasteiger partial charge >= 0.3 is 0 Å². The zero-order chi connectivity index (χ0) is 13.0. The Hall–Kier alpha value is -0.520. The van der Waals surface area contributed by atoms with Crippen LogP contribution in [0.2, 0.25) is 0 Å². The molecule has 5 heteroatoms. The lowest BCUT2D eigenvalue weighted by Crippen LogP contribution is -2.32. The molecule has 0 aliphatic carbocycles. The Labute approximate surface area is 113 Å². The third-order valence-electron chi connectivity index (χ3n) is 3.53. The third-order valence-corrected chi connectivity index (χ3v) is 4.35. The first-order valence-electron chi connectivity index (χ1n) is 6.87. The number of rotatable bonds is 5. The highest BCUT2D eigenvalue weighted by Crippen LogP contribution is 2.35. The maximum atomic E-state index is 5.47. The lowest BCUT2D eigenvalue weighted by molar-refractivity contribution is 0.0541. The van der Waals surface area contributed by atoms with E-state index in [1.54, 1.807) is 11.5 Å². The lowest BCUT2D eigenvalue weighted by atomic mass is 9.89. The molecule has 1 saturated heterocycles. The second-order valence-electron chi connectivity index (χ2n) is 5.16. The van der Waals surface area contributed by atoms with Crippen molar-refractivity contribution < 1.29 is 4.74 Å². The van der Waals surface area contributed by atoms with Crippen molar-refractivity contribution in [3.05, 3.63) is 10.6 Å². The summed E-state index contributed by atoms with van der Waals surface area (Å²) in [6.45, 7) is 9.29. The summed E-state index contributed by atoms with van der Waals surface area (Å²) in [5.41, 5.74) is 1.16. The van der Waals surface area contributed by atoms with Crippen LogP contribution in [0.1, 0.15) is 56.1 Å². The van der Waals surface area contributed by atoms with E-state index in [2.05, 4.69) is 35.7 Å². The molecular formula is C13H23N3OS. The SMILES string of the molecule is CCNC(c1snnc1C(C)C)C1CCOCC1. The van der Waals surface area contributed by atoms with Crippen LogP contribution in [0.15, 0.2) is 0 Å². The number of nitrogens with zero attached hydrogens (tertiary/aromatic N) is 2. The van der Waals surface area contributed by atoms with Gasteiger partial charge in [-0.25, -0.2) is 0 Å². The van der Waals surface area contributed by atoms with E-state index in [1.807, 2.05) is 0 Å². The van der Waals surface area contributed by atoms with Gasteiger partial charge in [0.2, 0.25) is 0 Å². The maximum absolute atomic E-state index is 5.47. The smallest absolute Gasteiger partial charge is 0.0829 e. The minimum atomic E-state index is 0.399. The summed E-state index contributed by atoms with van der Waals surface area (Å²) in [7, 11) is 0. The molecule has 18 heavy (non-hydrogen) atoms. The molecule has 0 saturated carbocycles. The molecule has 0 radical (unpaired) electrons. The maximum Gasteiger partial charge on any atom is 0.0829 e. The van der Waals surface area contributed by atoms with Gasteiger partial charge in [-0.05, 0) is 42.8 Å². The van der Waals surface area contributed by atoms with Crippen LogP contribution in [0, 0.1) is 5.92 Å². The fraction of sp³-hybridized carbons (Fsp3) is 0.846. The monoisotopic (exact) mass is 269 g/mol. The number of hydrogen-bond acceptors (Lipinski definition) is 5. The summed E-state index contributed by atoms with van der Waals surface area (Å²) in [5.74, 6) is 1.10. The molecule has 0 spiro atoms. The van der Waals surface area contributed by atoms with E-state index in [0.29, 0.717) is 17.9 Å². The van der Waals surface area contributed by atoms with Gasteiger partial charge in [0.05, 0.1) is 10.6 Å². The van der Waals surface area contributed by atoms with Crippen molar-refractivity contribution in [2.75, 3.05) is 19.8 Å². The Morgan fingerprint density at radius 2 is 2.11 bits per heavy atom. The van der Waals surface area contributed by atoms with Crippen LogP contribution in [0.3, 0.4) is 0 Å². The van der Waals surface area contributed by atoms with Gasteiger partial charge in [-0.2, -0.15) is 0 Å². The second kappa shape index (κ2) is 6.59. The molecule has 1 unspecified atom stereocenters. The van der Waals surface area contributed by atoms with Crippen LogP contribution in [0.5, 0.6) is 0 Å². The molecule has 1 aromatic heterocycles. The van der Waals surface area contributed by atoms with Crippen LogP contribution in [-0.2, 0) is 4.74 Å². The lowest BCUT2D eigenvalue weighted by Gasteiger charge is -2.30. The Kier molecular flexibility index (Phi) is 5.09. The molecule has 0 bridgehead atoms. The van der Waals surface area contributed by atoms with Crippen molar-refractivity contribution in [1.82, 2.24) is 14.9 Å². The molecular weight excluding hydrogens is 246 g/mol. The molecule has 1 atom stereocenters. The topological polar surface area (TPSA) is 47.0 Å². The average Bonchev–Trinajstić information content (AvgIpc) is 2.86. The van der Waals surface area contributed by atoms with Crippen molar-refractivity contribution in [3.63, 3.8) is 0 Å². The van der Waals surface area contributed by atoms with Gasteiger partial charge in [0, 0.05) is 19.3 Å². The largest absolute Gasteiger partial charge is 0.381 e. The molecule has 0 amide bonds. The minimum absolute atomic E-state index is 0.399. The summed E-state index contributed by atoms with van der Waals surface area (Å²) < 4.78 is 9.63. The number of ether oxygens (including phenoxy) is 1. The van der Waals surface area contributed by atoms with Gasteiger partial charge in [0.25, 0.3) is 0 Å². The molecule has 0 aromatic carbocycles. The molecule has 4 nitrogen and oxygen atoms in total. The zero-order valence-electron chi connectivity index (χ0n) is 11.5. The molecule has 1 fully saturated rings. The fourth-order valence-corrected chi connectivity index (χ4v) is 3.54. The van der Waals surface area contributed by atoms with Crippen molar-refractivity contribution in [2.45, 2.75) is 45.6 Å². The third kappa shape index (κ3) is 3.08. The van der Waals surface area contributed by atoms with Crippen LogP contribution >= 0.6 is 11.5 Å². The normalized spacial score (nSPS) is 19.3. The molecule has 1 aromatic rings. The van der Waals surface area contributed by atoms with Gasteiger partial charge in [0.1, 0.15) is 0 Å². The molecule has 102 valence electrons. The molecule has 1 aliphatic heterocycles. The quantitative estimate of drug-likeness (QED) is 0.893. The Balaban J connectivity index is 2.19. The highest BCUT2D eigenvalue weighted by Gasteiger charge is 2.29. The van der Waals surface area contributed by atoms with E-state index in [9.17, 15) is 0 Å². The van der Waals surface area contributed by atoms with Crippen LogP contribution in [-0.4, -0.2) is 29.3 Å². The van der Waals surface area contributed by atoms with E-state index in [-0.39, 0.29) is 0 Å². The molecule has 1 N–H and O–H groups in total. The zero-order valence-corrected chi connectivity index (χ0v) is 12.3. The first-order valence-corrected chi connectivity index (χ1v) is 7.64. The number of aromatic nitrogens is 2. The van der Waals surface area contributed by atoms with Crippen molar-refractivity contribution in [2.24, 2.45) is 5.92 Å². The van der Waals surface area contributed by atoms with Gasteiger partial charge in [0.15, 0.2) is 0 Å². The van der Waals surface area contributed by atoms with E-state index in [4.69, 9.17) is 4.74 Å². The van der Waals surface area contributed by atoms with Crippen LogP contribution in [0.4, 0.5) is 0 Å². The molecule has 1 aliphatic rings. The van der Waals surface area contributed by atoms with Crippen molar-refractivity contribution in [3.8, 4) is 0 Å². The first kappa shape index (κ1) is 13.9. The fourth-order valence-electron chi connectivity index (χ4n) is 2.56. The average molecular weight is 269 g/mol. The Morgan fingerprint density at radius 1 is 1.39 bits per heavy atom. The summed E-state index contributed by atoms with van der Waals surface area (Å²) in [5, 5.41) is 7.94. The second-order valence-corrected chi connectivity index (χ2v) is 5.95.